The zero-order valence-electron chi connectivity index (χ0n) is 12.6. The highest BCUT2D eigenvalue weighted by Gasteiger charge is 2.55. The molecular weight excluding hydrogens is 272 g/mol. The van der Waals surface area contributed by atoms with Gasteiger partial charge in [0.05, 0.1) is 18.6 Å². The normalized spacial score (nSPS) is 27.5. The van der Waals surface area contributed by atoms with Crippen LogP contribution < -0.4 is 5.32 Å². The summed E-state index contributed by atoms with van der Waals surface area (Å²) in [6, 6.07) is -0.191. The Morgan fingerprint density at radius 2 is 2.29 bits per heavy atom. The first-order valence-electron chi connectivity index (χ1n) is 7.44. The van der Waals surface area contributed by atoms with Crippen LogP contribution in [0, 0.1) is 11.3 Å². The van der Waals surface area contributed by atoms with E-state index in [0.717, 1.165) is 18.4 Å². The Kier molecular flexibility index (Phi) is 4.88. The van der Waals surface area contributed by atoms with E-state index in [0.29, 0.717) is 39.3 Å². The first-order valence-corrected chi connectivity index (χ1v) is 7.44. The molecule has 0 aromatic rings. The van der Waals surface area contributed by atoms with E-state index in [-0.39, 0.29) is 11.9 Å². The minimum atomic E-state index is -0.759. The van der Waals surface area contributed by atoms with Crippen LogP contribution in [-0.2, 0) is 9.53 Å². The summed E-state index contributed by atoms with van der Waals surface area (Å²) >= 11 is 0. The zero-order valence-corrected chi connectivity index (χ0v) is 12.6. The van der Waals surface area contributed by atoms with E-state index in [9.17, 15) is 14.7 Å². The average molecular weight is 296 g/mol. The number of urea groups is 1. The van der Waals surface area contributed by atoms with Gasteiger partial charge in [-0.05, 0) is 25.7 Å². The maximum absolute atomic E-state index is 12.1. The number of likely N-dealkylation sites (tertiary alicyclic amines) is 1. The van der Waals surface area contributed by atoms with Crippen LogP contribution in [0.1, 0.15) is 26.2 Å². The zero-order chi connectivity index (χ0) is 15.5. The second kappa shape index (κ2) is 6.47. The van der Waals surface area contributed by atoms with Crippen LogP contribution in [0.3, 0.4) is 0 Å². The van der Waals surface area contributed by atoms with Crippen molar-refractivity contribution in [3.05, 3.63) is 12.2 Å². The highest BCUT2D eigenvalue weighted by Crippen LogP contribution is 2.48. The average Bonchev–Trinajstić information content (AvgIpc) is 2.95. The van der Waals surface area contributed by atoms with Gasteiger partial charge in [0.1, 0.15) is 0 Å². The molecule has 1 saturated heterocycles. The SMILES string of the molecule is C=C(C)COCCNC(=O)N1C[C@@H]2CCC[C@@]2(C(=O)O)C1. The van der Waals surface area contributed by atoms with Crippen molar-refractivity contribution in [2.75, 3.05) is 32.8 Å². The molecule has 2 N–H and O–H groups in total. The Hall–Kier alpha value is -1.56. The Morgan fingerprint density at radius 1 is 1.52 bits per heavy atom. The predicted molar refractivity (Wildman–Crippen MR) is 78.0 cm³/mol. The second-order valence-electron chi connectivity index (χ2n) is 6.17. The fourth-order valence-electron chi connectivity index (χ4n) is 3.38. The van der Waals surface area contributed by atoms with E-state index in [1.807, 2.05) is 6.92 Å². The molecule has 21 heavy (non-hydrogen) atoms. The largest absolute Gasteiger partial charge is 0.481 e. The molecule has 6 nitrogen and oxygen atoms in total. The van der Waals surface area contributed by atoms with E-state index in [1.54, 1.807) is 4.90 Å². The molecule has 1 saturated carbocycles. The van der Waals surface area contributed by atoms with E-state index >= 15 is 0 Å². The van der Waals surface area contributed by atoms with Gasteiger partial charge in [0.2, 0.25) is 0 Å². The molecule has 1 aliphatic carbocycles. The Morgan fingerprint density at radius 3 is 2.90 bits per heavy atom. The summed E-state index contributed by atoms with van der Waals surface area (Å²) in [4.78, 5) is 25.3. The number of ether oxygens (including phenoxy) is 1. The first kappa shape index (κ1) is 15.8. The van der Waals surface area contributed by atoms with Gasteiger partial charge in [0, 0.05) is 19.6 Å². The number of hydrogen-bond acceptors (Lipinski definition) is 3. The number of aliphatic carboxylic acids is 1. The number of carbonyl (C=O) groups excluding carboxylic acids is 1. The van der Waals surface area contributed by atoms with Gasteiger partial charge in [0.15, 0.2) is 0 Å². The summed E-state index contributed by atoms with van der Waals surface area (Å²) in [5, 5.41) is 12.3. The second-order valence-corrected chi connectivity index (χ2v) is 6.17. The summed E-state index contributed by atoms with van der Waals surface area (Å²) in [5.41, 5.74) is 0.227. The molecular formula is C15H24N2O4. The monoisotopic (exact) mass is 296 g/mol. The van der Waals surface area contributed by atoms with E-state index in [2.05, 4.69) is 11.9 Å². The van der Waals surface area contributed by atoms with Crippen LogP contribution in [0.25, 0.3) is 0 Å². The van der Waals surface area contributed by atoms with Gasteiger partial charge in [-0.3, -0.25) is 4.79 Å². The molecule has 1 aliphatic heterocycles. The number of nitrogens with one attached hydrogen (secondary N) is 1. The number of fused-ring (bicyclic) bond motifs is 1. The van der Waals surface area contributed by atoms with Gasteiger partial charge in [-0.2, -0.15) is 0 Å². The molecule has 0 aromatic heterocycles. The van der Waals surface area contributed by atoms with E-state index in [1.165, 1.54) is 0 Å². The summed E-state index contributed by atoms with van der Waals surface area (Å²) < 4.78 is 5.31. The number of carbonyl (C=O) groups is 2. The van der Waals surface area contributed by atoms with Crippen molar-refractivity contribution < 1.29 is 19.4 Å². The van der Waals surface area contributed by atoms with Crippen molar-refractivity contribution in [3.63, 3.8) is 0 Å². The molecule has 2 fully saturated rings. The lowest BCUT2D eigenvalue weighted by Crippen LogP contribution is -2.42. The molecule has 1 heterocycles. The van der Waals surface area contributed by atoms with Crippen molar-refractivity contribution >= 4 is 12.0 Å². The summed E-state index contributed by atoms with van der Waals surface area (Å²) in [6.45, 7) is 7.83. The van der Waals surface area contributed by atoms with Gasteiger partial charge in [0.25, 0.3) is 0 Å². The lowest BCUT2D eigenvalue weighted by molar-refractivity contribution is -0.149. The minimum absolute atomic E-state index is 0.0976. The van der Waals surface area contributed by atoms with Gasteiger partial charge in [-0.25, -0.2) is 4.79 Å². The van der Waals surface area contributed by atoms with Crippen molar-refractivity contribution in [3.8, 4) is 0 Å². The number of hydrogen-bond donors (Lipinski definition) is 2. The van der Waals surface area contributed by atoms with Crippen LogP contribution >= 0.6 is 0 Å². The molecule has 2 atom stereocenters. The standard InChI is InChI=1S/C15H24N2O4/c1-11(2)9-21-7-6-16-14(20)17-8-12-4-3-5-15(12,10-17)13(18)19/h12H,1,3-10H2,2H3,(H,16,20)(H,18,19)/t12-,15+/m0/s1. The van der Waals surface area contributed by atoms with E-state index in [4.69, 9.17) is 4.74 Å². The van der Waals surface area contributed by atoms with Crippen LogP contribution in [0.2, 0.25) is 0 Å². The number of carboxylic acids is 1. The molecule has 0 unspecified atom stereocenters. The van der Waals surface area contributed by atoms with Crippen molar-refractivity contribution in [1.82, 2.24) is 10.2 Å². The van der Waals surface area contributed by atoms with Crippen LogP contribution in [0.5, 0.6) is 0 Å². The Bertz CT molecular complexity index is 437. The van der Waals surface area contributed by atoms with Crippen molar-refractivity contribution in [2.45, 2.75) is 26.2 Å². The first-order chi connectivity index (χ1) is 9.95. The molecule has 2 amide bonds. The summed E-state index contributed by atoms with van der Waals surface area (Å²) in [6.07, 6.45) is 2.53. The third-order valence-electron chi connectivity index (χ3n) is 4.45. The van der Waals surface area contributed by atoms with Crippen molar-refractivity contribution in [2.24, 2.45) is 11.3 Å². The predicted octanol–water partition coefficient (Wildman–Crippen LogP) is 1.48. The van der Waals surface area contributed by atoms with Crippen LogP contribution in [0.4, 0.5) is 4.79 Å². The Labute approximate surface area is 125 Å². The molecule has 2 rings (SSSR count). The molecule has 0 aromatic carbocycles. The number of rotatable bonds is 6. The summed E-state index contributed by atoms with van der Waals surface area (Å²) in [7, 11) is 0. The fourth-order valence-corrected chi connectivity index (χ4v) is 3.38. The third kappa shape index (κ3) is 3.37. The quantitative estimate of drug-likeness (QED) is 0.575. The molecule has 6 heteroatoms. The van der Waals surface area contributed by atoms with E-state index < -0.39 is 11.4 Å². The molecule has 0 spiro atoms. The molecule has 118 valence electrons. The van der Waals surface area contributed by atoms with Gasteiger partial charge in [-0.1, -0.05) is 18.6 Å². The van der Waals surface area contributed by atoms with Gasteiger partial charge in [-0.15, -0.1) is 0 Å². The van der Waals surface area contributed by atoms with Crippen LogP contribution in [0.15, 0.2) is 12.2 Å². The van der Waals surface area contributed by atoms with Crippen LogP contribution in [-0.4, -0.2) is 54.9 Å². The maximum atomic E-state index is 12.1. The number of carboxylic acid groups (broad SMARTS) is 1. The van der Waals surface area contributed by atoms with Gasteiger partial charge >= 0.3 is 12.0 Å². The number of nitrogens with zero attached hydrogens (tertiary/aromatic N) is 1. The lowest BCUT2D eigenvalue weighted by atomic mass is 9.81. The Balaban J connectivity index is 1.77. The molecule has 2 aliphatic rings. The highest BCUT2D eigenvalue weighted by molar-refractivity contribution is 5.80. The lowest BCUT2D eigenvalue weighted by Gasteiger charge is -2.23. The summed E-state index contributed by atoms with van der Waals surface area (Å²) in [5.74, 6) is -0.662. The maximum Gasteiger partial charge on any atom is 0.317 e. The van der Waals surface area contributed by atoms with Gasteiger partial charge < -0.3 is 20.1 Å². The molecule has 0 radical (unpaired) electrons. The third-order valence-corrected chi connectivity index (χ3v) is 4.45. The fraction of sp³-hybridized carbons (Fsp3) is 0.733. The minimum Gasteiger partial charge on any atom is -0.481 e. The smallest absolute Gasteiger partial charge is 0.317 e. The highest BCUT2D eigenvalue weighted by atomic mass is 16.5. The topological polar surface area (TPSA) is 78.9 Å². The number of amides is 2. The van der Waals surface area contributed by atoms with Crippen molar-refractivity contribution in [1.29, 1.82) is 0 Å². The molecule has 0 bridgehead atoms.